The lowest BCUT2D eigenvalue weighted by atomic mass is 10.3. The van der Waals surface area contributed by atoms with Gasteiger partial charge in [-0.25, -0.2) is 9.97 Å². The summed E-state index contributed by atoms with van der Waals surface area (Å²) in [4.78, 5) is 19.4. The average molecular weight is 275 g/mol. The molecule has 1 N–H and O–H groups in total. The van der Waals surface area contributed by atoms with E-state index in [1.165, 1.54) is 4.90 Å². The minimum absolute atomic E-state index is 0.0443. The van der Waals surface area contributed by atoms with Crippen LogP contribution in [-0.4, -0.2) is 33.6 Å². The van der Waals surface area contributed by atoms with Crippen LogP contribution in [-0.2, 0) is 11.0 Å². The Morgan fingerprint density at radius 1 is 1.47 bits per heavy atom. The highest BCUT2D eigenvalue weighted by Gasteiger charge is 2.35. The second-order valence-corrected chi connectivity index (χ2v) is 4.31. The van der Waals surface area contributed by atoms with Crippen molar-refractivity contribution in [3.8, 4) is 0 Å². The number of carboxylic acids is 1. The fraction of sp³-hybridized carbons (Fsp3) is 0.545. The molecule has 0 unspecified atom stereocenters. The lowest BCUT2D eigenvalue weighted by Gasteiger charge is -2.22. The van der Waals surface area contributed by atoms with Crippen LogP contribution in [0.2, 0.25) is 0 Å². The summed E-state index contributed by atoms with van der Waals surface area (Å²) in [6.07, 6.45) is -2.00. The maximum absolute atomic E-state index is 12.6. The first-order valence-electron chi connectivity index (χ1n) is 5.76. The maximum Gasteiger partial charge on any atom is 0.433 e. The molecular weight excluding hydrogens is 263 g/mol. The van der Waals surface area contributed by atoms with E-state index >= 15 is 0 Å². The Kier molecular flexibility index (Phi) is 3.59. The summed E-state index contributed by atoms with van der Waals surface area (Å²) in [5, 5.41) is 8.65. The molecule has 0 saturated heterocycles. The normalized spacial score (nSPS) is 15.3. The Hall–Kier alpha value is -1.86. The average Bonchev–Trinajstić information content (AvgIpc) is 3.13. The van der Waals surface area contributed by atoms with Crippen LogP contribution in [0.15, 0.2) is 12.3 Å². The molecule has 104 valence electrons. The third-order valence-corrected chi connectivity index (χ3v) is 2.74. The van der Waals surface area contributed by atoms with Crippen molar-refractivity contribution in [3.05, 3.63) is 18.0 Å². The van der Waals surface area contributed by atoms with Gasteiger partial charge in [0.2, 0.25) is 5.95 Å². The molecule has 5 nitrogen and oxygen atoms in total. The number of aliphatic carboxylic acids is 1. The minimum Gasteiger partial charge on any atom is -0.481 e. The van der Waals surface area contributed by atoms with E-state index in [2.05, 4.69) is 9.97 Å². The molecule has 1 aliphatic carbocycles. The summed E-state index contributed by atoms with van der Waals surface area (Å²) in [6, 6.07) is 0.842. The number of hydrogen-bond acceptors (Lipinski definition) is 4. The zero-order chi connectivity index (χ0) is 14.0. The van der Waals surface area contributed by atoms with Gasteiger partial charge in [0, 0.05) is 18.8 Å². The van der Waals surface area contributed by atoms with Crippen molar-refractivity contribution >= 4 is 11.9 Å². The summed E-state index contributed by atoms with van der Waals surface area (Å²) in [5.74, 6) is -1.06. The zero-order valence-electron chi connectivity index (χ0n) is 9.89. The van der Waals surface area contributed by atoms with E-state index in [9.17, 15) is 18.0 Å². The van der Waals surface area contributed by atoms with Crippen LogP contribution in [0.5, 0.6) is 0 Å². The number of halogens is 3. The van der Waals surface area contributed by atoms with E-state index < -0.39 is 17.8 Å². The van der Waals surface area contributed by atoms with Gasteiger partial charge in [-0.15, -0.1) is 0 Å². The highest BCUT2D eigenvalue weighted by Crippen LogP contribution is 2.32. The van der Waals surface area contributed by atoms with Gasteiger partial charge in [-0.1, -0.05) is 0 Å². The van der Waals surface area contributed by atoms with Crippen LogP contribution in [0, 0.1) is 0 Å². The third-order valence-electron chi connectivity index (χ3n) is 2.74. The first-order chi connectivity index (χ1) is 8.88. The fourth-order valence-corrected chi connectivity index (χ4v) is 1.69. The Morgan fingerprint density at radius 3 is 2.68 bits per heavy atom. The zero-order valence-corrected chi connectivity index (χ0v) is 9.89. The fourth-order valence-electron chi connectivity index (χ4n) is 1.69. The standard InChI is InChI=1S/C11H12F3N3O2/c12-11(13,14)8-3-5-15-10(16-8)17(7-1-2-7)6-4-9(18)19/h3,5,7H,1-2,4,6H2,(H,18,19). The van der Waals surface area contributed by atoms with E-state index in [4.69, 9.17) is 5.11 Å². The molecule has 0 amide bonds. The van der Waals surface area contributed by atoms with Gasteiger partial charge in [-0.3, -0.25) is 4.79 Å². The number of alkyl halides is 3. The molecule has 1 fully saturated rings. The molecule has 0 radical (unpaired) electrons. The highest BCUT2D eigenvalue weighted by molar-refractivity contribution is 5.67. The van der Waals surface area contributed by atoms with Gasteiger partial charge < -0.3 is 10.0 Å². The Morgan fingerprint density at radius 2 is 2.16 bits per heavy atom. The van der Waals surface area contributed by atoms with Gasteiger partial charge in [-0.2, -0.15) is 13.2 Å². The molecule has 1 aromatic rings. The smallest absolute Gasteiger partial charge is 0.433 e. The van der Waals surface area contributed by atoms with Crippen molar-refractivity contribution in [2.24, 2.45) is 0 Å². The largest absolute Gasteiger partial charge is 0.481 e. The van der Waals surface area contributed by atoms with Gasteiger partial charge in [0.25, 0.3) is 0 Å². The van der Waals surface area contributed by atoms with E-state index in [0.717, 1.165) is 25.1 Å². The number of rotatable bonds is 5. The molecule has 0 aromatic carbocycles. The molecule has 19 heavy (non-hydrogen) atoms. The van der Waals surface area contributed by atoms with Crippen molar-refractivity contribution in [3.63, 3.8) is 0 Å². The van der Waals surface area contributed by atoms with Crippen LogP contribution in [0.4, 0.5) is 19.1 Å². The van der Waals surface area contributed by atoms with Gasteiger partial charge in [0.05, 0.1) is 6.42 Å². The van der Waals surface area contributed by atoms with Crippen molar-refractivity contribution in [2.45, 2.75) is 31.5 Å². The molecule has 1 aliphatic rings. The summed E-state index contributed by atoms with van der Waals surface area (Å²) >= 11 is 0. The number of carbonyl (C=O) groups is 1. The highest BCUT2D eigenvalue weighted by atomic mass is 19.4. The lowest BCUT2D eigenvalue weighted by Crippen LogP contribution is -2.30. The molecule has 1 heterocycles. The number of hydrogen-bond donors (Lipinski definition) is 1. The monoisotopic (exact) mass is 275 g/mol. The first kappa shape index (κ1) is 13.6. The second kappa shape index (κ2) is 5.02. The maximum atomic E-state index is 12.6. The minimum atomic E-state index is -4.53. The first-order valence-corrected chi connectivity index (χ1v) is 5.76. The third kappa shape index (κ3) is 3.55. The topological polar surface area (TPSA) is 66.3 Å². The molecule has 1 saturated carbocycles. The number of carboxylic acid groups (broad SMARTS) is 1. The van der Waals surface area contributed by atoms with Crippen LogP contribution < -0.4 is 4.90 Å². The van der Waals surface area contributed by atoms with Gasteiger partial charge in [-0.05, 0) is 18.9 Å². The van der Waals surface area contributed by atoms with Crippen molar-refractivity contribution in [1.29, 1.82) is 0 Å². The van der Waals surface area contributed by atoms with Crippen LogP contribution in [0.25, 0.3) is 0 Å². The van der Waals surface area contributed by atoms with Crippen LogP contribution in [0.1, 0.15) is 25.0 Å². The summed E-state index contributed by atoms with van der Waals surface area (Å²) in [5.41, 5.74) is -1.02. The second-order valence-electron chi connectivity index (χ2n) is 4.31. The molecule has 1 aromatic heterocycles. The molecule has 0 aliphatic heterocycles. The lowest BCUT2D eigenvalue weighted by molar-refractivity contribution is -0.141. The molecule has 8 heteroatoms. The predicted octanol–water partition coefficient (Wildman–Crippen LogP) is 1.94. The van der Waals surface area contributed by atoms with Gasteiger partial charge >= 0.3 is 12.1 Å². The van der Waals surface area contributed by atoms with Crippen LogP contribution >= 0.6 is 0 Å². The van der Waals surface area contributed by atoms with Crippen molar-refractivity contribution in [2.75, 3.05) is 11.4 Å². The summed E-state index contributed by atoms with van der Waals surface area (Å²) in [6.45, 7) is 0.112. The molecular formula is C11H12F3N3O2. The Bertz CT molecular complexity index is 474. The summed E-state index contributed by atoms with van der Waals surface area (Å²) < 4.78 is 37.7. The van der Waals surface area contributed by atoms with Gasteiger partial charge in [0.15, 0.2) is 0 Å². The molecule has 0 spiro atoms. The van der Waals surface area contributed by atoms with Gasteiger partial charge in [0.1, 0.15) is 5.69 Å². The predicted molar refractivity (Wildman–Crippen MR) is 59.7 cm³/mol. The van der Waals surface area contributed by atoms with E-state index in [1.807, 2.05) is 0 Å². The number of aromatic nitrogens is 2. The quantitative estimate of drug-likeness (QED) is 0.889. The molecule has 0 bridgehead atoms. The molecule has 0 atom stereocenters. The van der Waals surface area contributed by atoms with E-state index in [1.54, 1.807) is 0 Å². The summed E-state index contributed by atoms with van der Waals surface area (Å²) in [7, 11) is 0. The van der Waals surface area contributed by atoms with Crippen molar-refractivity contribution in [1.82, 2.24) is 9.97 Å². The van der Waals surface area contributed by atoms with Crippen molar-refractivity contribution < 1.29 is 23.1 Å². The Labute approximate surface area is 107 Å². The molecule has 2 rings (SSSR count). The van der Waals surface area contributed by atoms with Crippen LogP contribution in [0.3, 0.4) is 0 Å². The SMILES string of the molecule is O=C(O)CCN(c1nccc(C(F)(F)F)n1)C1CC1. The van der Waals surface area contributed by atoms with E-state index in [-0.39, 0.29) is 25.0 Å². The number of nitrogens with zero attached hydrogens (tertiary/aromatic N) is 3. The number of anilines is 1. The Balaban J connectivity index is 2.19. The van der Waals surface area contributed by atoms with E-state index in [0.29, 0.717) is 0 Å².